The second-order valence-electron chi connectivity index (χ2n) is 4.41. The molecule has 1 aliphatic rings. The minimum Gasteiger partial charge on any atom is -0.246 e. The van der Waals surface area contributed by atoms with Crippen LogP contribution in [-0.4, -0.2) is 15.0 Å². The smallest absolute Gasteiger partial charge is 0.0999 e. The fourth-order valence-electron chi connectivity index (χ4n) is 2.54. The van der Waals surface area contributed by atoms with Gasteiger partial charge in [0, 0.05) is 0 Å². The van der Waals surface area contributed by atoms with Crippen LogP contribution in [0.5, 0.6) is 0 Å². The summed E-state index contributed by atoms with van der Waals surface area (Å²) in [6.45, 7) is 2.11. The SMILES string of the molecule is CCc1c(CC#N)nnn1C1CCCCC1. The minimum absolute atomic E-state index is 0.385. The normalized spacial score (nSPS) is 17.2. The molecule has 0 amide bonds. The molecule has 1 aromatic heterocycles. The van der Waals surface area contributed by atoms with E-state index in [9.17, 15) is 0 Å². The molecule has 0 aliphatic heterocycles. The summed E-state index contributed by atoms with van der Waals surface area (Å²) in [7, 11) is 0. The molecule has 0 bridgehead atoms. The zero-order valence-electron chi connectivity index (χ0n) is 9.82. The quantitative estimate of drug-likeness (QED) is 0.782. The lowest BCUT2D eigenvalue weighted by atomic mass is 9.95. The van der Waals surface area contributed by atoms with Crippen LogP contribution in [0.15, 0.2) is 0 Å². The first-order valence-electron chi connectivity index (χ1n) is 6.16. The first-order valence-corrected chi connectivity index (χ1v) is 6.16. The van der Waals surface area contributed by atoms with Gasteiger partial charge in [-0.1, -0.05) is 31.4 Å². The molecule has 0 spiro atoms. The van der Waals surface area contributed by atoms with Crippen molar-refractivity contribution >= 4 is 0 Å². The van der Waals surface area contributed by atoms with Crippen molar-refractivity contribution in [2.24, 2.45) is 0 Å². The van der Waals surface area contributed by atoms with Crippen LogP contribution in [0.4, 0.5) is 0 Å². The molecule has 4 nitrogen and oxygen atoms in total. The molecule has 16 heavy (non-hydrogen) atoms. The lowest BCUT2D eigenvalue weighted by molar-refractivity contribution is 0.317. The lowest BCUT2D eigenvalue weighted by Gasteiger charge is -2.23. The largest absolute Gasteiger partial charge is 0.246 e. The summed E-state index contributed by atoms with van der Waals surface area (Å²) in [5, 5.41) is 17.1. The molecular formula is C12H18N4. The van der Waals surface area contributed by atoms with E-state index in [0.29, 0.717) is 12.5 Å². The van der Waals surface area contributed by atoms with Crippen LogP contribution in [-0.2, 0) is 12.8 Å². The van der Waals surface area contributed by atoms with E-state index >= 15 is 0 Å². The molecule has 1 saturated carbocycles. The Morgan fingerprint density at radius 1 is 1.38 bits per heavy atom. The molecule has 0 aromatic carbocycles. The van der Waals surface area contributed by atoms with Gasteiger partial charge in [-0.05, 0) is 19.3 Å². The average molecular weight is 218 g/mol. The van der Waals surface area contributed by atoms with Crippen LogP contribution in [0.1, 0.15) is 56.5 Å². The molecule has 0 radical (unpaired) electrons. The van der Waals surface area contributed by atoms with Gasteiger partial charge in [-0.3, -0.25) is 0 Å². The minimum atomic E-state index is 0.385. The summed E-state index contributed by atoms with van der Waals surface area (Å²) in [6.07, 6.45) is 7.65. The molecule has 0 saturated heterocycles. The van der Waals surface area contributed by atoms with E-state index < -0.39 is 0 Å². The van der Waals surface area contributed by atoms with Crippen molar-refractivity contribution in [1.29, 1.82) is 5.26 Å². The third kappa shape index (κ3) is 2.08. The van der Waals surface area contributed by atoms with Crippen molar-refractivity contribution in [3.8, 4) is 6.07 Å². The average Bonchev–Trinajstić information content (AvgIpc) is 2.73. The Balaban J connectivity index is 2.22. The molecule has 1 aromatic rings. The van der Waals surface area contributed by atoms with E-state index in [1.807, 2.05) is 0 Å². The monoisotopic (exact) mass is 218 g/mol. The second-order valence-corrected chi connectivity index (χ2v) is 4.41. The molecule has 4 heteroatoms. The Morgan fingerprint density at radius 3 is 2.75 bits per heavy atom. The molecule has 1 fully saturated rings. The van der Waals surface area contributed by atoms with E-state index in [2.05, 4.69) is 28.0 Å². The van der Waals surface area contributed by atoms with Crippen molar-refractivity contribution in [3.63, 3.8) is 0 Å². The number of nitrogens with zero attached hydrogens (tertiary/aromatic N) is 4. The zero-order chi connectivity index (χ0) is 11.4. The highest BCUT2D eigenvalue weighted by Gasteiger charge is 2.20. The summed E-state index contributed by atoms with van der Waals surface area (Å²) < 4.78 is 2.08. The highest BCUT2D eigenvalue weighted by molar-refractivity contribution is 5.14. The predicted molar refractivity (Wildman–Crippen MR) is 60.8 cm³/mol. The van der Waals surface area contributed by atoms with Crippen molar-refractivity contribution < 1.29 is 0 Å². The molecule has 0 N–H and O–H groups in total. The van der Waals surface area contributed by atoms with E-state index in [1.54, 1.807) is 0 Å². The summed E-state index contributed by atoms with van der Waals surface area (Å²) >= 11 is 0. The summed E-state index contributed by atoms with van der Waals surface area (Å²) in [5.41, 5.74) is 2.03. The fraction of sp³-hybridized carbons (Fsp3) is 0.750. The number of aromatic nitrogens is 3. The van der Waals surface area contributed by atoms with Gasteiger partial charge in [0.15, 0.2) is 0 Å². The Bertz CT molecular complexity index is 382. The van der Waals surface area contributed by atoms with Crippen molar-refractivity contribution in [3.05, 3.63) is 11.4 Å². The van der Waals surface area contributed by atoms with E-state index in [1.165, 1.54) is 32.1 Å². The van der Waals surface area contributed by atoms with E-state index in [-0.39, 0.29) is 0 Å². The molecule has 0 atom stereocenters. The summed E-state index contributed by atoms with van der Waals surface area (Å²) in [5.74, 6) is 0. The van der Waals surface area contributed by atoms with Gasteiger partial charge in [0.25, 0.3) is 0 Å². The van der Waals surface area contributed by atoms with Crippen molar-refractivity contribution in [2.45, 2.75) is 57.9 Å². The Kier molecular flexibility index (Phi) is 3.55. The van der Waals surface area contributed by atoms with E-state index in [0.717, 1.165) is 17.8 Å². The van der Waals surface area contributed by atoms with Crippen LogP contribution in [0, 0.1) is 11.3 Å². The molecule has 2 rings (SSSR count). The molecule has 86 valence electrons. The van der Waals surface area contributed by atoms with Crippen molar-refractivity contribution in [1.82, 2.24) is 15.0 Å². The maximum Gasteiger partial charge on any atom is 0.0999 e. The van der Waals surface area contributed by atoms with Gasteiger partial charge >= 0.3 is 0 Å². The van der Waals surface area contributed by atoms with Gasteiger partial charge in [0.2, 0.25) is 0 Å². The Morgan fingerprint density at radius 2 is 2.12 bits per heavy atom. The fourth-order valence-corrected chi connectivity index (χ4v) is 2.54. The van der Waals surface area contributed by atoms with Crippen LogP contribution < -0.4 is 0 Å². The third-order valence-electron chi connectivity index (χ3n) is 3.37. The second kappa shape index (κ2) is 5.11. The standard InChI is InChI=1S/C12H18N4/c1-2-12-11(8-9-13)14-15-16(12)10-6-4-3-5-7-10/h10H,2-8H2,1H3. The van der Waals surface area contributed by atoms with Gasteiger partial charge in [0.05, 0.1) is 29.9 Å². The topological polar surface area (TPSA) is 54.5 Å². The van der Waals surface area contributed by atoms with Crippen molar-refractivity contribution in [2.75, 3.05) is 0 Å². The number of rotatable bonds is 3. The van der Waals surface area contributed by atoms with Crippen LogP contribution >= 0.6 is 0 Å². The first-order chi connectivity index (χ1) is 7.86. The first kappa shape index (κ1) is 11.1. The third-order valence-corrected chi connectivity index (χ3v) is 3.37. The molecule has 0 unspecified atom stereocenters. The highest BCUT2D eigenvalue weighted by Crippen LogP contribution is 2.29. The van der Waals surface area contributed by atoms with Crippen LogP contribution in [0.25, 0.3) is 0 Å². The molecule has 1 aliphatic carbocycles. The highest BCUT2D eigenvalue weighted by atomic mass is 15.4. The molecular weight excluding hydrogens is 200 g/mol. The number of hydrogen-bond donors (Lipinski definition) is 0. The Hall–Kier alpha value is -1.37. The predicted octanol–water partition coefficient (Wildman–Crippen LogP) is 2.41. The number of nitriles is 1. The lowest BCUT2D eigenvalue weighted by Crippen LogP contribution is -2.16. The van der Waals surface area contributed by atoms with Gasteiger partial charge in [-0.25, -0.2) is 4.68 Å². The van der Waals surface area contributed by atoms with Gasteiger partial charge in [-0.2, -0.15) is 5.26 Å². The number of hydrogen-bond acceptors (Lipinski definition) is 3. The maximum absolute atomic E-state index is 8.73. The van der Waals surface area contributed by atoms with Gasteiger partial charge in [-0.15, -0.1) is 5.10 Å². The summed E-state index contributed by atoms with van der Waals surface area (Å²) in [4.78, 5) is 0. The van der Waals surface area contributed by atoms with Gasteiger partial charge in [0.1, 0.15) is 0 Å². The maximum atomic E-state index is 8.73. The van der Waals surface area contributed by atoms with Crippen LogP contribution in [0.3, 0.4) is 0 Å². The Labute approximate surface area is 96.3 Å². The zero-order valence-corrected chi connectivity index (χ0v) is 9.82. The van der Waals surface area contributed by atoms with Crippen LogP contribution in [0.2, 0.25) is 0 Å². The summed E-state index contributed by atoms with van der Waals surface area (Å²) in [6, 6.07) is 2.68. The van der Waals surface area contributed by atoms with Gasteiger partial charge < -0.3 is 0 Å². The molecule has 1 heterocycles. The van der Waals surface area contributed by atoms with E-state index in [4.69, 9.17) is 5.26 Å².